The summed E-state index contributed by atoms with van der Waals surface area (Å²) in [6.07, 6.45) is 13.0. The average molecular weight is 202 g/mol. The van der Waals surface area contributed by atoms with Crippen molar-refractivity contribution in [3.8, 4) is 0 Å². The third-order valence-corrected chi connectivity index (χ3v) is 5.39. The maximum absolute atomic E-state index is 2.51. The summed E-state index contributed by atoms with van der Waals surface area (Å²) in [5.41, 5.74) is 2.41. The second kappa shape index (κ2) is 3.40. The van der Waals surface area contributed by atoms with E-state index >= 15 is 0 Å². The van der Waals surface area contributed by atoms with E-state index in [1.165, 1.54) is 25.6 Å². The summed E-state index contributed by atoms with van der Waals surface area (Å²) in [6, 6.07) is 0. The third kappa shape index (κ3) is 1.50. The van der Waals surface area contributed by atoms with Crippen molar-refractivity contribution in [2.24, 2.45) is 23.2 Å². The minimum absolute atomic E-state index is 0.671. The van der Waals surface area contributed by atoms with Gasteiger partial charge in [0, 0.05) is 0 Å². The molecule has 0 saturated heterocycles. The van der Waals surface area contributed by atoms with Crippen molar-refractivity contribution in [3.05, 3.63) is 11.6 Å². The molecule has 0 nitrogen and oxygen atoms in total. The van der Waals surface area contributed by atoms with Crippen molar-refractivity contribution in [1.82, 2.24) is 0 Å². The van der Waals surface area contributed by atoms with Crippen LogP contribution in [0, 0.1) is 23.2 Å². The van der Waals surface area contributed by atoms with Gasteiger partial charge in [-0.2, -0.15) is 0 Å². The molecule has 82 valence electrons. The highest BCUT2D eigenvalue weighted by atomic mass is 14.6. The van der Waals surface area contributed by atoms with Crippen LogP contribution in [0.4, 0.5) is 0 Å². The molecule has 1 heteroatoms. The summed E-state index contributed by atoms with van der Waals surface area (Å²) in [6.45, 7) is 2.41. The lowest BCUT2D eigenvalue weighted by molar-refractivity contribution is -0.0304. The quantitative estimate of drug-likeness (QED) is 0.476. The Hall–Kier alpha value is -0.195. The molecular formula is C14H23B. The Morgan fingerprint density at radius 1 is 1.13 bits per heavy atom. The summed E-state index contributed by atoms with van der Waals surface area (Å²) in [5.74, 6) is 3.28. The maximum Gasteiger partial charge on any atom is 0.106 e. The van der Waals surface area contributed by atoms with Gasteiger partial charge < -0.3 is 0 Å². The minimum Gasteiger partial charge on any atom is -0.0929 e. The zero-order valence-electron chi connectivity index (χ0n) is 10.3. The summed E-state index contributed by atoms with van der Waals surface area (Å²) in [4.78, 5) is 0. The van der Waals surface area contributed by atoms with Crippen molar-refractivity contribution in [1.29, 1.82) is 0 Å². The molecular weight excluding hydrogens is 179 g/mol. The lowest BCUT2D eigenvalue weighted by Crippen LogP contribution is -2.46. The summed E-state index contributed by atoms with van der Waals surface area (Å²) >= 11 is 0. The van der Waals surface area contributed by atoms with Crippen LogP contribution in [0.1, 0.15) is 45.4 Å². The van der Waals surface area contributed by atoms with Gasteiger partial charge in [0.2, 0.25) is 0 Å². The second-order valence-corrected chi connectivity index (χ2v) is 6.49. The molecule has 0 aromatic heterocycles. The topological polar surface area (TPSA) is 0 Å². The standard InChI is InChI=1S/C14H23B/c1-10(2-3-15)14-7-11-4-12(8-14)6-13(5-11)9-14/h2,11-13H,3-9,15H2,1H3/b10-2+. The van der Waals surface area contributed by atoms with E-state index in [1.54, 1.807) is 24.8 Å². The maximum atomic E-state index is 2.51. The number of hydrogen-bond donors (Lipinski definition) is 0. The Kier molecular flexibility index (Phi) is 2.26. The van der Waals surface area contributed by atoms with Gasteiger partial charge in [-0.15, -0.1) is 0 Å². The molecule has 0 aromatic rings. The molecule has 15 heavy (non-hydrogen) atoms. The van der Waals surface area contributed by atoms with Crippen LogP contribution in [0.25, 0.3) is 0 Å². The largest absolute Gasteiger partial charge is 0.106 e. The Balaban J connectivity index is 1.89. The van der Waals surface area contributed by atoms with Gasteiger partial charge in [0.1, 0.15) is 7.85 Å². The molecule has 4 aliphatic rings. The van der Waals surface area contributed by atoms with Gasteiger partial charge in [-0.1, -0.05) is 18.0 Å². The monoisotopic (exact) mass is 202 g/mol. The fourth-order valence-corrected chi connectivity index (χ4v) is 5.12. The first-order valence-corrected chi connectivity index (χ1v) is 6.89. The molecule has 4 bridgehead atoms. The van der Waals surface area contributed by atoms with Gasteiger partial charge in [0.15, 0.2) is 0 Å². The van der Waals surface area contributed by atoms with Crippen LogP contribution < -0.4 is 0 Å². The van der Waals surface area contributed by atoms with E-state index in [-0.39, 0.29) is 0 Å². The highest BCUT2D eigenvalue weighted by Gasteiger charge is 2.51. The van der Waals surface area contributed by atoms with Crippen LogP contribution in [0.3, 0.4) is 0 Å². The molecule has 0 aliphatic heterocycles. The molecule has 0 unspecified atom stereocenters. The van der Waals surface area contributed by atoms with Crippen LogP contribution in [0.15, 0.2) is 11.6 Å². The first-order chi connectivity index (χ1) is 7.22. The van der Waals surface area contributed by atoms with Crippen molar-refractivity contribution < 1.29 is 0 Å². The molecule has 4 saturated carbocycles. The SMILES string of the molecule is BC/C=C(\C)C12CC3CC(CC(C3)C1)C2. The fourth-order valence-electron chi connectivity index (χ4n) is 5.12. The lowest BCUT2D eigenvalue weighted by Gasteiger charge is -2.57. The van der Waals surface area contributed by atoms with Crippen molar-refractivity contribution in [2.75, 3.05) is 0 Å². The highest BCUT2D eigenvalue weighted by Crippen LogP contribution is 2.62. The Bertz CT molecular complexity index is 254. The fraction of sp³-hybridized carbons (Fsp3) is 0.857. The smallest absolute Gasteiger partial charge is 0.0929 e. The van der Waals surface area contributed by atoms with E-state index in [4.69, 9.17) is 0 Å². The molecule has 0 amide bonds. The Morgan fingerprint density at radius 3 is 2.00 bits per heavy atom. The molecule has 4 fully saturated rings. The predicted molar refractivity (Wildman–Crippen MR) is 67.7 cm³/mol. The molecule has 4 rings (SSSR count). The number of hydrogen-bond acceptors (Lipinski definition) is 0. The van der Waals surface area contributed by atoms with Crippen molar-refractivity contribution >= 4 is 7.85 Å². The van der Waals surface area contributed by atoms with E-state index < -0.39 is 0 Å². The molecule has 0 radical (unpaired) electrons. The second-order valence-electron chi connectivity index (χ2n) is 6.49. The zero-order valence-corrected chi connectivity index (χ0v) is 10.3. The van der Waals surface area contributed by atoms with E-state index in [0.29, 0.717) is 5.41 Å². The lowest BCUT2D eigenvalue weighted by atomic mass is 9.48. The van der Waals surface area contributed by atoms with E-state index in [0.717, 1.165) is 17.8 Å². The van der Waals surface area contributed by atoms with Crippen molar-refractivity contribution in [3.63, 3.8) is 0 Å². The van der Waals surface area contributed by atoms with Gasteiger partial charge in [0.25, 0.3) is 0 Å². The van der Waals surface area contributed by atoms with Crippen LogP contribution in [0.5, 0.6) is 0 Å². The molecule has 0 aromatic carbocycles. The summed E-state index contributed by atoms with van der Waals surface area (Å²) in [5, 5.41) is 0. The van der Waals surface area contributed by atoms with Gasteiger partial charge in [-0.05, 0) is 68.6 Å². The van der Waals surface area contributed by atoms with E-state index in [2.05, 4.69) is 20.8 Å². The molecule has 0 atom stereocenters. The van der Waals surface area contributed by atoms with Gasteiger partial charge >= 0.3 is 0 Å². The number of allylic oxidation sites excluding steroid dienone is 2. The van der Waals surface area contributed by atoms with Crippen LogP contribution >= 0.6 is 0 Å². The third-order valence-electron chi connectivity index (χ3n) is 5.39. The van der Waals surface area contributed by atoms with Crippen LogP contribution in [-0.4, -0.2) is 7.85 Å². The minimum atomic E-state index is 0.671. The Labute approximate surface area is 94.9 Å². The molecule has 0 N–H and O–H groups in total. The molecule has 0 spiro atoms. The van der Waals surface area contributed by atoms with E-state index in [1.807, 2.05) is 0 Å². The van der Waals surface area contributed by atoms with Gasteiger partial charge in [-0.3, -0.25) is 0 Å². The number of rotatable bonds is 2. The molecule has 4 aliphatic carbocycles. The van der Waals surface area contributed by atoms with Gasteiger partial charge in [-0.25, -0.2) is 0 Å². The van der Waals surface area contributed by atoms with Gasteiger partial charge in [0.05, 0.1) is 0 Å². The predicted octanol–water partition coefficient (Wildman–Crippen LogP) is 3.20. The summed E-state index contributed by atoms with van der Waals surface area (Å²) in [7, 11) is 2.28. The van der Waals surface area contributed by atoms with Crippen molar-refractivity contribution in [2.45, 2.75) is 51.8 Å². The van der Waals surface area contributed by atoms with Crippen LogP contribution in [0.2, 0.25) is 6.32 Å². The van der Waals surface area contributed by atoms with Crippen LogP contribution in [-0.2, 0) is 0 Å². The first-order valence-electron chi connectivity index (χ1n) is 6.89. The highest BCUT2D eigenvalue weighted by molar-refractivity contribution is 6.09. The normalized spacial score (nSPS) is 48.6. The zero-order chi connectivity index (χ0) is 10.5. The van der Waals surface area contributed by atoms with E-state index in [9.17, 15) is 0 Å². The Morgan fingerprint density at radius 2 is 1.60 bits per heavy atom. The summed E-state index contributed by atoms with van der Waals surface area (Å²) < 4.78 is 0. The first kappa shape index (κ1) is 9.99. The average Bonchev–Trinajstić information content (AvgIpc) is 2.15. The molecule has 0 heterocycles.